The summed E-state index contributed by atoms with van der Waals surface area (Å²) in [5, 5.41) is 0. The second-order valence-electron chi connectivity index (χ2n) is 5.85. The number of piperidine rings is 1. The fourth-order valence-electron chi connectivity index (χ4n) is 3.14. The lowest BCUT2D eigenvalue weighted by Gasteiger charge is -2.40. The van der Waals surface area contributed by atoms with Gasteiger partial charge in [-0.2, -0.15) is 13.2 Å². The van der Waals surface area contributed by atoms with E-state index in [0.29, 0.717) is 25.8 Å². The number of likely N-dealkylation sites (tertiary alicyclic amines) is 1. The fourth-order valence-corrected chi connectivity index (χ4v) is 3.14. The average molecular weight is 315 g/mol. The molecule has 0 aromatic carbocycles. The van der Waals surface area contributed by atoms with Crippen LogP contribution in [0.3, 0.4) is 0 Å². The Morgan fingerprint density at radius 1 is 1.15 bits per heavy atom. The van der Waals surface area contributed by atoms with Crippen LogP contribution in [0.1, 0.15) is 44.9 Å². The Kier molecular flexibility index (Phi) is 5.72. The minimum atomic E-state index is -4.22. The van der Waals surface area contributed by atoms with Crippen LogP contribution in [0, 0.1) is 5.92 Å². The number of hydrogen-bond acceptors (Lipinski definition) is 2. The summed E-state index contributed by atoms with van der Waals surface area (Å²) >= 11 is 0. The predicted octanol–water partition coefficient (Wildman–Crippen LogP) is 2.87. The number of halogens is 4. The fraction of sp³-hybridized carbons (Fsp3) is 0.923. The third-order valence-electron chi connectivity index (χ3n) is 4.34. The predicted molar refractivity (Wildman–Crippen MR) is 72.6 cm³/mol. The van der Waals surface area contributed by atoms with Gasteiger partial charge >= 0.3 is 6.18 Å². The number of amides is 1. The third-order valence-corrected chi connectivity index (χ3v) is 4.34. The highest BCUT2D eigenvalue weighted by Gasteiger charge is 2.45. The van der Waals surface area contributed by atoms with E-state index >= 15 is 0 Å². The number of carbonyl (C=O) groups is 1. The van der Waals surface area contributed by atoms with Crippen LogP contribution in [0.15, 0.2) is 0 Å². The first-order valence-electron chi connectivity index (χ1n) is 6.98. The van der Waals surface area contributed by atoms with Gasteiger partial charge in [-0.3, -0.25) is 4.79 Å². The van der Waals surface area contributed by atoms with Crippen molar-refractivity contribution < 1.29 is 18.0 Å². The second-order valence-corrected chi connectivity index (χ2v) is 5.85. The molecule has 118 valence electrons. The van der Waals surface area contributed by atoms with Crippen molar-refractivity contribution in [3.63, 3.8) is 0 Å². The molecule has 1 heterocycles. The molecule has 1 amide bonds. The van der Waals surface area contributed by atoms with E-state index in [1.54, 1.807) is 0 Å². The molecular weight excluding hydrogens is 293 g/mol. The quantitative estimate of drug-likeness (QED) is 0.809. The lowest BCUT2D eigenvalue weighted by atomic mass is 9.81. The lowest BCUT2D eigenvalue weighted by Crippen LogP contribution is -2.58. The summed E-state index contributed by atoms with van der Waals surface area (Å²) in [6, 6.07) is 0. The Hall–Kier alpha value is -0.490. The molecule has 20 heavy (non-hydrogen) atoms. The van der Waals surface area contributed by atoms with Crippen LogP contribution in [0.5, 0.6) is 0 Å². The van der Waals surface area contributed by atoms with E-state index in [4.69, 9.17) is 5.73 Å². The van der Waals surface area contributed by atoms with Gasteiger partial charge in [0, 0.05) is 13.1 Å². The second kappa shape index (κ2) is 6.52. The number of nitrogens with two attached hydrogens (primary N) is 1. The van der Waals surface area contributed by atoms with E-state index in [1.165, 1.54) is 4.90 Å². The van der Waals surface area contributed by atoms with Crippen LogP contribution < -0.4 is 5.73 Å². The molecule has 0 aromatic rings. The van der Waals surface area contributed by atoms with Crippen LogP contribution >= 0.6 is 12.4 Å². The van der Waals surface area contributed by atoms with Gasteiger partial charge in [0.25, 0.3) is 0 Å². The van der Waals surface area contributed by atoms with Gasteiger partial charge in [0.15, 0.2) is 0 Å². The van der Waals surface area contributed by atoms with Gasteiger partial charge in [-0.25, -0.2) is 0 Å². The minimum Gasteiger partial charge on any atom is -0.340 e. The summed E-state index contributed by atoms with van der Waals surface area (Å²) in [4.78, 5) is 13.7. The third kappa shape index (κ3) is 3.79. The minimum absolute atomic E-state index is 0. The smallest absolute Gasteiger partial charge is 0.340 e. The Morgan fingerprint density at radius 2 is 1.75 bits per heavy atom. The summed E-state index contributed by atoms with van der Waals surface area (Å²) in [7, 11) is 0. The van der Waals surface area contributed by atoms with Crippen molar-refractivity contribution in [1.29, 1.82) is 0 Å². The van der Waals surface area contributed by atoms with Crippen LogP contribution in [0.4, 0.5) is 13.2 Å². The van der Waals surface area contributed by atoms with Crippen molar-refractivity contribution in [3.8, 4) is 0 Å². The molecule has 1 aliphatic carbocycles. The number of rotatable bonds is 1. The maximum absolute atomic E-state index is 12.7. The summed E-state index contributed by atoms with van der Waals surface area (Å²) < 4.78 is 38.2. The molecule has 1 saturated heterocycles. The van der Waals surface area contributed by atoms with Crippen LogP contribution in [0.25, 0.3) is 0 Å². The van der Waals surface area contributed by atoms with Crippen LogP contribution in [-0.2, 0) is 4.79 Å². The van der Waals surface area contributed by atoms with Crippen molar-refractivity contribution in [2.75, 3.05) is 13.1 Å². The van der Waals surface area contributed by atoms with E-state index in [9.17, 15) is 18.0 Å². The highest BCUT2D eigenvalue weighted by molar-refractivity contribution is 5.86. The standard InChI is InChI=1S/C13H21F3N2O.ClH/c14-13(15,16)10-5-4-8-18(9-10)11(19)12(17)6-2-1-3-7-12;/h10H,1-9,17H2;1H. The summed E-state index contributed by atoms with van der Waals surface area (Å²) in [5.74, 6) is -1.67. The SMILES string of the molecule is Cl.NC1(C(=O)N2CCCC(C(F)(F)F)C2)CCCCC1. The number of nitrogens with zero attached hydrogens (tertiary/aromatic N) is 1. The van der Waals surface area contributed by atoms with Crippen LogP contribution in [-0.4, -0.2) is 35.6 Å². The summed E-state index contributed by atoms with van der Waals surface area (Å²) in [6.07, 6.45) is 0.330. The molecule has 1 atom stereocenters. The first-order valence-corrected chi connectivity index (χ1v) is 6.98. The highest BCUT2D eigenvalue weighted by Crippen LogP contribution is 2.35. The normalized spacial score (nSPS) is 26.8. The van der Waals surface area contributed by atoms with Gasteiger partial charge in [-0.1, -0.05) is 19.3 Å². The maximum atomic E-state index is 12.7. The molecule has 1 aliphatic heterocycles. The number of hydrogen-bond donors (Lipinski definition) is 1. The van der Waals surface area contributed by atoms with Gasteiger partial charge in [0.1, 0.15) is 0 Å². The number of alkyl halides is 3. The van der Waals surface area contributed by atoms with E-state index in [0.717, 1.165) is 19.3 Å². The Balaban J connectivity index is 0.00000200. The lowest BCUT2D eigenvalue weighted by molar-refractivity contribution is -0.189. The van der Waals surface area contributed by atoms with E-state index < -0.39 is 17.6 Å². The van der Waals surface area contributed by atoms with E-state index in [1.807, 2.05) is 0 Å². The molecule has 3 nitrogen and oxygen atoms in total. The molecule has 2 aliphatic rings. The summed E-state index contributed by atoms with van der Waals surface area (Å²) in [5.41, 5.74) is 5.19. The highest BCUT2D eigenvalue weighted by atomic mass is 35.5. The Morgan fingerprint density at radius 3 is 2.30 bits per heavy atom. The largest absolute Gasteiger partial charge is 0.393 e. The zero-order valence-corrected chi connectivity index (χ0v) is 12.2. The first-order chi connectivity index (χ1) is 8.83. The van der Waals surface area contributed by atoms with Gasteiger partial charge < -0.3 is 10.6 Å². The molecule has 2 fully saturated rings. The number of carbonyl (C=O) groups excluding carboxylic acids is 1. The van der Waals surface area contributed by atoms with E-state index in [-0.39, 0.29) is 31.3 Å². The van der Waals surface area contributed by atoms with Gasteiger partial charge in [-0.05, 0) is 25.7 Å². The van der Waals surface area contributed by atoms with Gasteiger partial charge in [0.05, 0.1) is 11.5 Å². The van der Waals surface area contributed by atoms with Crippen molar-refractivity contribution >= 4 is 18.3 Å². The van der Waals surface area contributed by atoms with Crippen molar-refractivity contribution in [1.82, 2.24) is 4.90 Å². The van der Waals surface area contributed by atoms with Gasteiger partial charge in [-0.15, -0.1) is 12.4 Å². The van der Waals surface area contributed by atoms with Crippen molar-refractivity contribution in [2.24, 2.45) is 11.7 Å². The van der Waals surface area contributed by atoms with Gasteiger partial charge in [0.2, 0.25) is 5.91 Å². The average Bonchev–Trinajstić information content (AvgIpc) is 2.38. The monoisotopic (exact) mass is 314 g/mol. The van der Waals surface area contributed by atoms with Crippen molar-refractivity contribution in [2.45, 2.75) is 56.7 Å². The molecule has 0 bridgehead atoms. The topological polar surface area (TPSA) is 46.3 Å². The molecule has 1 saturated carbocycles. The Bertz CT molecular complexity index is 343. The zero-order chi connectivity index (χ0) is 14.1. The van der Waals surface area contributed by atoms with E-state index in [2.05, 4.69) is 0 Å². The molecule has 2 N–H and O–H groups in total. The molecule has 1 unspecified atom stereocenters. The first kappa shape index (κ1) is 17.6. The van der Waals surface area contributed by atoms with Crippen LogP contribution in [0.2, 0.25) is 0 Å². The summed E-state index contributed by atoms with van der Waals surface area (Å²) in [6.45, 7) is 0.186. The molecule has 0 spiro atoms. The molecule has 2 rings (SSSR count). The molecule has 7 heteroatoms. The molecule has 0 radical (unpaired) electrons. The molecular formula is C13H22ClF3N2O. The molecule has 0 aromatic heterocycles. The maximum Gasteiger partial charge on any atom is 0.393 e. The zero-order valence-electron chi connectivity index (χ0n) is 11.4. The Labute approximate surface area is 123 Å². The van der Waals surface area contributed by atoms with Crippen molar-refractivity contribution in [3.05, 3.63) is 0 Å².